The van der Waals surface area contributed by atoms with Gasteiger partial charge in [0.25, 0.3) is 11.8 Å². The minimum Gasteiger partial charge on any atom is -0.493 e. The first-order valence-electron chi connectivity index (χ1n) is 12.8. The lowest BCUT2D eigenvalue weighted by Gasteiger charge is -2.20. The molecule has 0 spiro atoms. The van der Waals surface area contributed by atoms with Gasteiger partial charge in [0.05, 0.1) is 25.3 Å². The number of ether oxygens (including phenoxy) is 2. The first-order valence-corrected chi connectivity index (χ1v) is 12.8. The zero-order valence-corrected chi connectivity index (χ0v) is 21.1. The van der Waals surface area contributed by atoms with Crippen LogP contribution in [0.25, 0.3) is 0 Å². The molecule has 0 atom stereocenters. The van der Waals surface area contributed by atoms with Gasteiger partial charge in [0.1, 0.15) is 0 Å². The fraction of sp³-hybridized carbons (Fsp3) is 0.300. The molecule has 1 aliphatic carbocycles. The summed E-state index contributed by atoms with van der Waals surface area (Å²) in [6.07, 6.45) is 4.54. The molecule has 8 heteroatoms. The molecule has 0 unspecified atom stereocenters. The van der Waals surface area contributed by atoms with E-state index < -0.39 is 5.97 Å². The standard InChI is InChI=1S/C30H28N2O6/c1-37-26-11-10-22(14-27(26)38-23-4-2-3-5-23)32-17-21-7-6-18(12-24(21)29(32)34)15-31-16-20-9-8-19(30(35)36)13-25(20)28(31)33/h6-14,23H,2-5,15-17H2,1H3,(H,35,36). The molecule has 8 nitrogen and oxygen atoms in total. The molecule has 2 amide bonds. The summed E-state index contributed by atoms with van der Waals surface area (Å²) in [5, 5.41) is 9.25. The van der Waals surface area contributed by atoms with Gasteiger partial charge < -0.3 is 24.4 Å². The Labute approximate surface area is 220 Å². The van der Waals surface area contributed by atoms with Crippen LogP contribution in [0, 0.1) is 0 Å². The lowest BCUT2D eigenvalue weighted by molar-refractivity contribution is 0.0696. The van der Waals surface area contributed by atoms with Crippen LogP contribution in [0.4, 0.5) is 5.69 Å². The van der Waals surface area contributed by atoms with E-state index in [0.717, 1.165) is 48.1 Å². The molecule has 1 fully saturated rings. The summed E-state index contributed by atoms with van der Waals surface area (Å²) in [7, 11) is 1.61. The van der Waals surface area contributed by atoms with E-state index in [-0.39, 0.29) is 23.5 Å². The lowest BCUT2D eigenvalue weighted by atomic mass is 10.1. The molecule has 6 rings (SSSR count). The van der Waals surface area contributed by atoms with E-state index in [9.17, 15) is 19.5 Å². The van der Waals surface area contributed by atoms with Gasteiger partial charge in [-0.2, -0.15) is 0 Å². The largest absolute Gasteiger partial charge is 0.493 e. The summed E-state index contributed by atoms with van der Waals surface area (Å²) < 4.78 is 11.7. The molecule has 3 aliphatic rings. The zero-order chi connectivity index (χ0) is 26.4. The number of nitrogens with zero attached hydrogens (tertiary/aromatic N) is 2. The third-order valence-electron chi connectivity index (χ3n) is 7.64. The van der Waals surface area contributed by atoms with Gasteiger partial charge in [0.15, 0.2) is 11.5 Å². The maximum Gasteiger partial charge on any atom is 0.335 e. The molecule has 194 valence electrons. The quantitative estimate of drug-likeness (QED) is 0.477. The van der Waals surface area contributed by atoms with Crippen LogP contribution in [-0.4, -0.2) is 41.0 Å². The highest BCUT2D eigenvalue weighted by Crippen LogP contribution is 2.38. The summed E-state index contributed by atoms with van der Waals surface area (Å²) >= 11 is 0. The summed E-state index contributed by atoms with van der Waals surface area (Å²) in [6, 6.07) is 16.0. The number of benzene rings is 3. The Morgan fingerprint density at radius 1 is 0.895 bits per heavy atom. The van der Waals surface area contributed by atoms with Gasteiger partial charge in [-0.3, -0.25) is 9.59 Å². The number of methoxy groups -OCH3 is 1. The highest BCUT2D eigenvalue weighted by molar-refractivity contribution is 6.10. The zero-order valence-electron chi connectivity index (χ0n) is 21.1. The molecule has 0 radical (unpaired) electrons. The first kappa shape index (κ1) is 24.0. The summed E-state index contributed by atoms with van der Waals surface area (Å²) in [4.78, 5) is 41.1. The third kappa shape index (κ3) is 4.26. The molecular formula is C30H28N2O6. The van der Waals surface area contributed by atoms with E-state index in [0.29, 0.717) is 42.3 Å². The van der Waals surface area contributed by atoms with Crippen molar-refractivity contribution in [3.63, 3.8) is 0 Å². The number of carbonyl (C=O) groups is 3. The number of carbonyl (C=O) groups excluding carboxylic acids is 2. The van der Waals surface area contributed by atoms with E-state index in [1.807, 2.05) is 36.4 Å². The topological polar surface area (TPSA) is 96.4 Å². The van der Waals surface area contributed by atoms with Crippen molar-refractivity contribution in [2.75, 3.05) is 12.0 Å². The van der Waals surface area contributed by atoms with Crippen molar-refractivity contribution in [2.24, 2.45) is 0 Å². The average Bonchev–Trinajstić information content (AvgIpc) is 3.63. The number of aromatic carboxylic acids is 1. The van der Waals surface area contributed by atoms with Crippen molar-refractivity contribution < 1.29 is 29.0 Å². The molecule has 1 saturated carbocycles. The number of hydrogen-bond acceptors (Lipinski definition) is 5. The average molecular weight is 513 g/mol. The van der Waals surface area contributed by atoms with Crippen LogP contribution >= 0.6 is 0 Å². The van der Waals surface area contributed by atoms with Gasteiger partial charge in [-0.05, 0) is 72.7 Å². The second-order valence-corrected chi connectivity index (χ2v) is 10.1. The fourth-order valence-electron chi connectivity index (χ4n) is 5.61. The molecule has 0 saturated heterocycles. The Morgan fingerprint density at radius 3 is 2.39 bits per heavy atom. The number of amides is 2. The fourth-order valence-corrected chi connectivity index (χ4v) is 5.61. The van der Waals surface area contributed by atoms with Gasteiger partial charge in [-0.15, -0.1) is 0 Å². The van der Waals surface area contributed by atoms with Gasteiger partial charge in [0.2, 0.25) is 0 Å². The number of carboxylic acids is 1. The first-order chi connectivity index (χ1) is 18.4. The molecular weight excluding hydrogens is 484 g/mol. The van der Waals surface area contributed by atoms with Crippen LogP contribution in [0.5, 0.6) is 11.5 Å². The van der Waals surface area contributed by atoms with Crippen LogP contribution in [0.2, 0.25) is 0 Å². The SMILES string of the molecule is COc1ccc(N2Cc3ccc(CN4Cc5ccc(C(=O)O)cc5C4=O)cc3C2=O)cc1OC1CCCC1. The summed E-state index contributed by atoms with van der Waals surface area (Å²) in [5.74, 6) is -0.0567. The second-order valence-electron chi connectivity index (χ2n) is 10.1. The molecule has 2 heterocycles. The Balaban J connectivity index is 1.20. The molecule has 3 aromatic rings. The lowest BCUT2D eigenvalue weighted by Crippen LogP contribution is -2.24. The van der Waals surface area contributed by atoms with Crippen molar-refractivity contribution in [3.05, 3.63) is 88.0 Å². The minimum atomic E-state index is -1.06. The van der Waals surface area contributed by atoms with Crippen molar-refractivity contribution >= 4 is 23.5 Å². The Bertz CT molecular complexity index is 1460. The minimum absolute atomic E-state index is 0.0949. The molecule has 0 aromatic heterocycles. The number of rotatable bonds is 7. The van der Waals surface area contributed by atoms with Crippen LogP contribution in [0.1, 0.15) is 73.4 Å². The van der Waals surface area contributed by atoms with Gasteiger partial charge in [0, 0.05) is 36.0 Å². The normalized spacial score (nSPS) is 16.7. The molecule has 38 heavy (non-hydrogen) atoms. The molecule has 3 aromatic carbocycles. The molecule has 1 N–H and O–H groups in total. The van der Waals surface area contributed by atoms with E-state index in [1.54, 1.807) is 23.0 Å². The van der Waals surface area contributed by atoms with Crippen LogP contribution in [0.15, 0.2) is 54.6 Å². The third-order valence-corrected chi connectivity index (χ3v) is 7.64. The Morgan fingerprint density at radius 2 is 1.63 bits per heavy atom. The van der Waals surface area contributed by atoms with E-state index in [4.69, 9.17) is 9.47 Å². The summed E-state index contributed by atoms with van der Waals surface area (Å²) in [6.45, 7) is 1.19. The Hall–Kier alpha value is -4.33. The number of hydrogen-bond donors (Lipinski definition) is 1. The van der Waals surface area contributed by atoms with E-state index in [2.05, 4.69) is 0 Å². The van der Waals surface area contributed by atoms with Crippen molar-refractivity contribution in [1.82, 2.24) is 4.90 Å². The smallest absolute Gasteiger partial charge is 0.335 e. The molecule has 0 bridgehead atoms. The highest BCUT2D eigenvalue weighted by Gasteiger charge is 2.32. The van der Waals surface area contributed by atoms with Crippen molar-refractivity contribution in [3.8, 4) is 11.5 Å². The maximum atomic E-state index is 13.5. The van der Waals surface area contributed by atoms with Crippen LogP contribution < -0.4 is 14.4 Å². The predicted octanol–water partition coefficient (Wildman–Crippen LogP) is 5.03. The summed E-state index contributed by atoms with van der Waals surface area (Å²) in [5.41, 5.74) is 4.46. The Kier molecular flexibility index (Phi) is 6.02. The van der Waals surface area contributed by atoms with Crippen LogP contribution in [-0.2, 0) is 19.6 Å². The van der Waals surface area contributed by atoms with Gasteiger partial charge >= 0.3 is 5.97 Å². The predicted molar refractivity (Wildman–Crippen MR) is 140 cm³/mol. The van der Waals surface area contributed by atoms with Gasteiger partial charge in [-0.1, -0.05) is 18.2 Å². The number of carboxylic acid groups (broad SMARTS) is 1. The monoisotopic (exact) mass is 512 g/mol. The van der Waals surface area contributed by atoms with Crippen molar-refractivity contribution in [1.29, 1.82) is 0 Å². The second kappa shape index (κ2) is 9.52. The molecule has 2 aliphatic heterocycles. The number of fused-ring (bicyclic) bond motifs is 2. The maximum absolute atomic E-state index is 13.5. The number of anilines is 1. The highest BCUT2D eigenvalue weighted by atomic mass is 16.5. The van der Waals surface area contributed by atoms with Crippen molar-refractivity contribution in [2.45, 2.75) is 51.4 Å². The van der Waals surface area contributed by atoms with E-state index in [1.165, 1.54) is 12.1 Å². The van der Waals surface area contributed by atoms with Gasteiger partial charge in [-0.25, -0.2) is 4.79 Å². The van der Waals surface area contributed by atoms with E-state index >= 15 is 0 Å². The van der Waals surface area contributed by atoms with Crippen LogP contribution in [0.3, 0.4) is 0 Å².